The Morgan fingerprint density at radius 3 is 2.29 bits per heavy atom. The predicted molar refractivity (Wildman–Crippen MR) is 86.9 cm³/mol. The first-order valence-electron chi connectivity index (χ1n) is 6.94. The van der Waals surface area contributed by atoms with E-state index in [1.165, 1.54) is 0 Å². The molecule has 0 fully saturated rings. The van der Waals surface area contributed by atoms with Gasteiger partial charge in [0.25, 0.3) is 0 Å². The van der Waals surface area contributed by atoms with Crippen molar-refractivity contribution in [3.63, 3.8) is 0 Å². The molecular weight excluding hydrogens is 333 g/mol. The highest BCUT2D eigenvalue weighted by molar-refractivity contribution is 9.10. The number of aliphatic hydroxyl groups excluding tert-OH is 1. The predicted octanol–water partition coefficient (Wildman–Crippen LogP) is 4.17. The van der Waals surface area contributed by atoms with Gasteiger partial charge in [0.05, 0.1) is 0 Å². The van der Waals surface area contributed by atoms with Crippen LogP contribution in [-0.4, -0.2) is 17.8 Å². The summed E-state index contributed by atoms with van der Waals surface area (Å²) in [5.41, 5.74) is 1.60. The van der Waals surface area contributed by atoms with Gasteiger partial charge in [-0.1, -0.05) is 58.4 Å². The van der Waals surface area contributed by atoms with Crippen LogP contribution in [0.15, 0.2) is 59.1 Å². The van der Waals surface area contributed by atoms with E-state index in [-0.39, 0.29) is 12.6 Å². The van der Waals surface area contributed by atoms with Gasteiger partial charge in [-0.15, -0.1) is 0 Å². The van der Waals surface area contributed by atoms with Crippen LogP contribution in [0.4, 0.5) is 4.39 Å². The summed E-state index contributed by atoms with van der Waals surface area (Å²) in [6, 6.07) is 16.7. The van der Waals surface area contributed by atoms with E-state index in [0.29, 0.717) is 5.56 Å². The summed E-state index contributed by atoms with van der Waals surface area (Å²) in [5, 5.41) is 13.1. The van der Waals surface area contributed by atoms with Crippen molar-refractivity contribution in [3.8, 4) is 0 Å². The zero-order chi connectivity index (χ0) is 15.2. The van der Waals surface area contributed by atoms with Crippen molar-refractivity contribution < 1.29 is 9.50 Å². The van der Waals surface area contributed by atoms with Gasteiger partial charge in [0, 0.05) is 17.1 Å². The van der Waals surface area contributed by atoms with E-state index in [1.807, 2.05) is 37.3 Å². The van der Waals surface area contributed by atoms with E-state index >= 15 is 0 Å². The highest BCUT2D eigenvalue weighted by Gasteiger charge is 2.20. The molecule has 2 aromatic carbocycles. The Morgan fingerprint density at radius 1 is 1.05 bits per heavy atom. The molecule has 112 valence electrons. The topological polar surface area (TPSA) is 32.3 Å². The first-order chi connectivity index (χ1) is 10.1. The second-order valence-corrected chi connectivity index (χ2v) is 5.98. The van der Waals surface area contributed by atoms with Gasteiger partial charge in [0.1, 0.15) is 6.10 Å². The van der Waals surface area contributed by atoms with Crippen LogP contribution in [0.2, 0.25) is 0 Å². The molecule has 4 heteroatoms. The van der Waals surface area contributed by atoms with Gasteiger partial charge in [-0.2, -0.15) is 0 Å². The van der Waals surface area contributed by atoms with E-state index < -0.39 is 12.3 Å². The molecule has 0 bridgehead atoms. The maximum Gasteiger partial charge on any atom is 0.152 e. The molecule has 0 saturated heterocycles. The molecule has 0 unspecified atom stereocenters. The summed E-state index contributed by atoms with van der Waals surface area (Å²) in [6.07, 6.45) is -2.44. The van der Waals surface area contributed by atoms with Gasteiger partial charge in [-0.3, -0.25) is 0 Å². The molecule has 2 N–H and O–H groups in total. The molecule has 0 aliphatic rings. The first kappa shape index (κ1) is 16.1. The van der Waals surface area contributed by atoms with E-state index in [0.717, 1.165) is 10.0 Å². The Hall–Kier alpha value is -1.23. The Kier molecular flexibility index (Phi) is 5.91. The highest BCUT2D eigenvalue weighted by Crippen LogP contribution is 2.22. The second kappa shape index (κ2) is 7.69. The van der Waals surface area contributed by atoms with Crippen molar-refractivity contribution >= 4 is 15.9 Å². The minimum atomic E-state index is -1.38. The SMILES string of the molecule is C[C@@H](NC[C@H](O)[C@H](F)c1ccccc1)c1ccc(Br)cc1. The lowest BCUT2D eigenvalue weighted by Crippen LogP contribution is -2.32. The maximum atomic E-state index is 14.1. The summed E-state index contributed by atoms with van der Waals surface area (Å²) in [7, 11) is 0. The van der Waals surface area contributed by atoms with Crippen LogP contribution in [0.3, 0.4) is 0 Å². The van der Waals surface area contributed by atoms with Gasteiger partial charge in [0.2, 0.25) is 0 Å². The van der Waals surface area contributed by atoms with E-state index in [1.54, 1.807) is 24.3 Å². The fourth-order valence-corrected chi connectivity index (χ4v) is 2.39. The summed E-state index contributed by atoms with van der Waals surface area (Å²) in [5.74, 6) is 0. The van der Waals surface area contributed by atoms with Gasteiger partial charge < -0.3 is 10.4 Å². The highest BCUT2D eigenvalue weighted by atomic mass is 79.9. The molecule has 0 amide bonds. The van der Waals surface area contributed by atoms with E-state index in [9.17, 15) is 9.50 Å². The Balaban J connectivity index is 1.88. The second-order valence-electron chi connectivity index (χ2n) is 5.06. The molecule has 2 aromatic rings. The molecule has 3 atom stereocenters. The van der Waals surface area contributed by atoms with Crippen molar-refractivity contribution in [1.82, 2.24) is 5.32 Å². The molecule has 0 heterocycles. The van der Waals surface area contributed by atoms with Crippen LogP contribution in [0.5, 0.6) is 0 Å². The zero-order valence-electron chi connectivity index (χ0n) is 11.8. The third kappa shape index (κ3) is 4.63. The number of nitrogens with one attached hydrogen (secondary N) is 1. The van der Waals surface area contributed by atoms with Crippen LogP contribution < -0.4 is 5.32 Å². The van der Waals surface area contributed by atoms with Crippen LogP contribution in [-0.2, 0) is 0 Å². The number of alkyl halides is 1. The van der Waals surface area contributed by atoms with E-state index in [4.69, 9.17) is 0 Å². The average Bonchev–Trinajstić information content (AvgIpc) is 2.53. The number of halogens is 2. The van der Waals surface area contributed by atoms with Gasteiger partial charge in [-0.25, -0.2) is 4.39 Å². The third-order valence-electron chi connectivity index (χ3n) is 3.46. The van der Waals surface area contributed by atoms with Gasteiger partial charge >= 0.3 is 0 Å². The lowest BCUT2D eigenvalue weighted by Gasteiger charge is -2.20. The molecule has 2 rings (SSSR count). The lowest BCUT2D eigenvalue weighted by molar-refractivity contribution is 0.0750. The summed E-state index contributed by atoms with van der Waals surface area (Å²) in [4.78, 5) is 0. The Bertz CT molecular complexity index is 546. The summed E-state index contributed by atoms with van der Waals surface area (Å²) >= 11 is 3.39. The molecule has 21 heavy (non-hydrogen) atoms. The zero-order valence-corrected chi connectivity index (χ0v) is 13.4. The quantitative estimate of drug-likeness (QED) is 0.818. The van der Waals surface area contributed by atoms with Crippen molar-refractivity contribution in [3.05, 3.63) is 70.2 Å². The monoisotopic (exact) mass is 351 g/mol. The molecule has 0 aromatic heterocycles. The van der Waals surface area contributed by atoms with Gasteiger partial charge in [-0.05, 0) is 30.2 Å². The van der Waals surface area contributed by atoms with E-state index in [2.05, 4.69) is 21.2 Å². The van der Waals surface area contributed by atoms with Crippen molar-refractivity contribution in [1.29, 1.82) is 0 Å². The number of benzene rings is 2. The Labute approximate surface area is 133 Å². The van der Waals surface area contributed by atoms with Crippen LogP contribution in [0.25, 0.3) is 0 Å². The first-order valence-corrected chi connectivity index (χ1v) is 7.73. The fourth-order valence-electron chi connectivity index (χ4n) is 2.13. The number of rotatable bonds is 6. The molecule has 0 aliphatic carbocycles. The largest absolute Gasteiger partial charge is 0.388 e. The molecule has 0 radical (unpaired) electrons. The summed E-state index contributed by atoms with van der Waals surface area (Å²) < 4.78 is 15.2. The fraction of sp³-hybridized carbons (Fsp3) is 0.294. The number of hydrogen-bond acceptors (Lipinski definition) is 2. The average molecular weight is 352 g/mol. The number of hydrogen-bond donors (Lipinski definition) is 2. The van der Waals surface area contributed by atoms with Crippen molar-refractivity contribution in [2.75, 3.05) is 6.54 Å². The van der Waals surface area contributed by atoms with Crippen molar-refractivity contribution in [2.24, 2.45) is 0 Å². The normalized spacial score (nSPS) is 15.4. The number of aliphatic hydroxyl groups is 1. The molecule has 0 spiro atoms. The summed E-state index contributed by atoms with van der Waals surface area (Å²) in [6.45, 7) is 2.19. The smallest absolute Gasteiger partial charge is 0.152 e. The van der Waals surface area contributed by atoms with Crippen LogP contribution >= 0.6 is 15.9 Å². The maximum absolute atomic E-state index is 14.1. The lowest BCUT2D eigenvalue weighted by atomic mass is 10.0. The third-order valence-corrected chi connectivity index (χ3v) is 3.99. The molecule has 0 saturated carbocycles. The van der Waals surface area contributed by atoms with Crippen molar-refractivity contribution in [2.45, 2.75) is 25.2 Å². The molecular formula is C17H19BrFNO. The van der Waals surface area contributed by atoms with Crippen LogP contribution in [0.1, 0.15) is 30.3 Å². The standard InChI is InChI=1S/C17H19BrFNO/c1-12(13-7-9-15(18)10-8-13)20-11-16(21)17(19)14-5-3-2-4-6-14/h2-10,12,16-17,20-21H,11H2,1H3/t12-,16+,17-/m1/s1. The Morgan fingerprint density at radius 2 is 1.67 bits per heavy atom. The molecule has 2 nitrogen and oxygen atoms in total. The minimum Gasteiger partial charge on any atom is -0.388 e. The minimum absolute atomic E-state index is 0.0516. The molecule has 0 aliphatic heterocycles. The van der Waals surface area contributed by atoms with Gasteiger partial charge in [0.15, 0.2) is 6.17 Å². The van der Waals surface area contributed by atoms with Crippen LogP contribution in [0, 0.1) is 0 Å².